The van der Waals surface area contributed by atoms with Crippen molar-refractivity contribution in [2.75, 3.05) is 18.6 Å². The van der Waals surface area contributed by atoms with Crippen LogP contribution in [-0.4, -0.2) is 24.7 Å². The molecule has 1 aromatic carbocycles. The van der Waals surface area contributed by atoms with Crippen molar-refractivity contribution in [1.29, 1.82) is 0 Å². The van der Waals surface area contributed by atoms with E-state index in [1.807, 2.05) is 24.9 Å². The lowest BCUT2D eigenvalue weighted by atomic mass is 10.1. The fourth-order valence-electron chi connectivity index (χ4n) is 1.88. The Labute approximate surface area is 122 Å². The van der Waals surface area contributed by atoms with Gasteiger partial charge in [-0.2, -0.15) is 11.8 Å². The fourth-order valence-corrected chi connectivity index (χ4v) is 3.07. The molecule has 0 aliphatic rings. The molecule has 0 aliphatic carbocycles. The van der Waals surface area contributed by atoms with Crippen molar-refractivity contribution < 1.29 is 4.74 Å². The third kappa shape index (κ3) is 5.87. The van der Waals surface area contributed by atoms with Gasteiger partial charge < -0.3 is 10.1 Å². The summed E-state index contributed by atoms with van der Waals surface area (Å²) in [5.41, 5.74) is 1.26. The minimum Gasteiger partial charge on any atom is -0.491 e. The zero-order chi connectivity index (χ0) is 14.3. The predicted octanol–water partition coefficient (Wildman–Crippen LogP) is 4.12. The van der Waals surface area contributed by atoms with Gasteiger partial charge in [0.2, 0.25) is 0 Å². The molecule has 0 spiro atoms. The summed E-state index contributed by atoms with van der Waals surface area (Å²) in [6, 6.07) is 8.69. The Balaban J connectivity index is 2.73. The zero-order valence-electron chi connectivity index (χ0n) is 12.8. The molecule has 2 nitrogen and oxygen atoms in total. The quantitative estimate of drug-likeness (QED) is 0.774. The standard InChI is InChI=1S/C16H27NOS/c1-12(2)10-19-11-15(17-5)14-8-6-7-9-16(14)18-13(3)4/h6-9,12-13,15,17H,10-11H2,1-5H3. The van der Waals surface area contributed by atoms with Gasteiger partial charge in [0, 0.05) is 17.4 Å². The molecule has 0 heterocycles. The highest BCUT2D eigenvalue weighted by Gasteiger charge is 2.15. The normalized spacial score (nSPS) is 13.0. The van der Waals surface area contributed by atoms with E-state index in [4.69, 9.17) is 4.74 Å². The van der Waals surface area contributed by atoms with E-state index in [0.29, 0.717) is 6.04 Å². The number of benzene rings is 1. The van der Waals surface area contributed by atoms with Crippen LogP contribution < -0.4 is 10.1 Å². The number of thioether (sulfide) groups is 1. The minimum absolute atomic E-state index is 0.210. The largest absolute Gasteiger partial charge is 0.491 e. The molecule has 1 N–H and O–H groups in total. The van der Waals surface area contributed by atoms with E-state index in [1.165, 1.54) is 11.3 Å². The Morgan fingerprint density at radius 3 is 2.37 bits per heavy atom. The van der Waals surface area contributed by atoms with E-state index in [0.717, 1.165) is 17.4 Å². The average Bonchev–Trinajstić information content (AvgIpc) is 2.35. The maximum Gasteiger partial charge on any atom is 0.124 e. The lowest BCUT2D eigenvalue weighted by Crippen LogP contribution is -2.21. The summed E-state index contributed by atoms with van der Waals surface area (Å²) in [7, 11) is 2.02. The fraction of sp³-hybridized carbons (Fsp3) is 0.625. The molecule has 1 unspecified atom stereocenters. The maximum absolute atomic E-state index is 5.91. The minimum atomic E-state index is 0.210. The Morgan fingerprint density at radius 2 is 1.79 bits per heavy atom. The van der Waals surface area contributed by atoms with Crippen molar-refractivity contribution in [1.82, 2.24) is 5.32 Å². The van der Waals surface area contributed by atoms with E-state index in [1.54, 1.807) is 0 Å². The third-order valence-electron chi connectivity index (χ3n) is 2.74. The molecule has 0 aromatic heterocycles. The van der Waals surface area contributed by atoms with Crippen LogP contribution in [0.1, 0.15) is 39.3 Å². The molecular weight excluding hydrogens is 254 g/mol. The Morgan fingerprint density at radius 1 is 1.11 bits per heavy atom. The topological polar surface area (TPSA) is 21.3 Å². The lowest BCUT2D eigenvalue weighted by Gasteiger charge is -2.21. The maximum atomic E-state index is 5.91. The van der Waals surface area contributed by atoms with E-state index in [-0.39, 0.29) is 6.10 Å². The van der Waals surface area contributed by atoms with Gasteiger partial charge in [-0.1, -0.05) is 32.0 Å². The van der Waals surface area contributed by atoms with Gasteiger partial charge in [-0.25, -0.2) is 0 Å². The SMILES string of the molecule is CNC(CSCC(C)C)c1ccccc1OC(C)C. The molecular formula is C16H27NOS. The zero-order valence-corrected chi connectivity index (χ0v) is 13.6. The summed E-state index contributed by atoms with van der Waals surface area (Å²) in [5, 5.41) is 3.40. The molecule has 0 fully saturated rings. The summed E-state index contributed by atoms with van der Waals surface area (Å²) >= 11 is 2.00. The van der Waals surface area contributed by atoms with Crippen molar-refractivity contribution in [2.45, 2.75) is 39.8 Å². The summed E-state index contributed by atoms with van der Waals surface area (Å²) in [5.74, 6) is 4.02. The van der Waals surface area contributed by atoms with Gasteiger partial charge in [-0.3, -0.25) is 0 Å². The van der Waals surface area contributed by atoms with Gasteiger partial charge in [0.1, 0.15) is 5.75 Å². The van der Waals surface area contributed by atoms with Crippen molar-refractivity contribution in [3.63, 3.8) is 0 Å². The number of hydrogen-bond donors (Lipinski definition) is 1. The third-order valence-corrected chi connectivity index (χ3v) is 4.21. The first kappa shape index (κ1) is 16.4. The van der Waals surface area contributed by atoms with E-state index in [9.17, 15) is 0 Å². The number of para-hydroxylation sites is 1. The van der Waals surface area contributed by atoms with Crippen LogP contribution in [0.5, 0.6) is 5.75 Å². The molecule has 0 saturated carbocycles. The molecule has 108 valence electrons. The first-order valence-corrected chi connectivity index (χ1v) is 8.20. The van der Waals surface area contributed by atoms with Gasteiger partial charge in [-0.05, 0) is 38.6 Å². The van der Waals surface area contributed by atoms with Gasteiger partial charge in [0.15, 0.2) is 0 Å². The van der Waals surface area contributed by atoms with Crippen LogP contribution >= 0.6 is 11.8 Å². The van der Waals surface area contributed by atoms with Gasteiger partial charge in [0.25, 0.3) is 0 Å². The molecule has 0 saturated heterocycles. The number of ether oxygens (including phenoxy) is 1. The number of nitrogens with one attached hydrogen (secondary N) is 1. The molecule has 1 aromatic rings. The van der Waals surface area contributed by atoms with Crippen LogP contribution in [0.4, 0.5) is 0 Å². The van der Waals surface area contributed by atoms with Crippen LogP contribution in [0.2, 0.25) is 0 Å². The average molecular weight is 281 g/mol. The van der Waals surface area contributed by atoms with Crippen molar-refractivity contribution in [2.24, 2.45) is 5.92 Å². The first-order valence-electron chi connectivity index (χ1n) is 7.05. The molecule has 0 radical (unpaired) electrons. The monoisotopic (exact) mass is 281 g/mol. The Kier molecular flexibility index (Phi) is 7.32. The van der Waals surface area contributed by atoms with E-state index in [2.05, 4.69) is 51.2 Å². The summed E-state index contributed by atoms with van der Waals surface area (Å²) in [6.45, 7) is 8.66. The molecule has 19 heavy (non-hydrogen) atoms. The van der Waals surface area contributed by atoms with Crippen LogP contribution in [0.25, 0.3) is 0 Å². The van der Waals surface area contributed by atoms with Crippen LogP contribution in [0, 0.1) is 5.92 Å². The smallest absolute Gasteiger partial charge is 0.124 e. The highest BCUT2D eigenvalue weighted by Crippen LogP contribution is 2.28. The van der Waals surface area contributed by atoms with Crippen molar-refractivity contribution in [3.8, 4) is 5.75 Å². The number of rotatable bonds is 8. The van der Waals surface area contributed by atoms with Crippen molar-refractivity contribution >= 4 is 11.8 Å². The van der Waals surface area contributed by atoms with Gasteiger partial charge in [-0.15, -0.1) is 0 Å². The summed E-state index contributed by atoms with van der Waals surface area (Å²) < 4.78 is 5.91. The summed E-state index contributed by atoms with van der Waals surface area (Å²) in [4.78, 5) is 0. The van der Waals surface area contributed by atoms with E-state index < -0.39 is 0 Å². The van der Waals surface area contributed by atoms with Gasteiger partial charge >= 0.3 is 0 Å². The second-order valence-electron chi connectivity index (χ2n) is 5.48. The predicted molar refractivity (Wildman–Crippen MR) is 86.2 cm³/mol. The van der Waals surface area contributed by atoms with Crippen LogP contribution in [0.15, 0.2) is 24.3 Å². The second kappa shape index (κ2) is 8.49. The molecule has 3 heteroatoms. The summed E-state index contributed by atoms with van der Waals surface area (Å²) in [6.07, 6.45) is 0.210. The molecule has 0 aliphatic heterocycles. The molecule has 1 atom stereocenters. The molecule has 0 bridgehead atoms. The van der Waals surface area contributed by atoms with Crippen molar-refractivity contribution in [3.05, 3.63) is 29.8 Å². The van der Waals surface area contributed by atoms with Crippen LogP contribution in [-0.2, 0) is 0 Å². The Bertz CT molecular complexity index is 366. The first-order chi connectivity index (χ1) is 9.04. The highest BCUT2D eigenvalue weighted by atomic mass is 32.2. The number of hydrogen-bond acceptors (Lipinski definition) is 3. The molecule has 0 amide bonds. The second-order valence-corrected chi connectivity index (χ2v) is 6.55. The van der Waals surface area contributed by atoms with E-state index >= 15 is 0 Å². The molecule has 1 rings (SSSR count). The lowest BCUT2D eigenvalue weighted by molar-refractivity contribution is 0.238. The highest BCUT2D eigenvalue weighted by molar-refractivity contribution is 7.99. The Hall–Kier alpha value is -0.670. The van der Waals surface area contributed by atoms with Gasteiger partial charge in [0.05, 0.1) is 6.10 Å². The van der Waals surface area contributed by atoms with Crippen LogP contribution in [0.3, 0.4) is 0 Å².